The van der Waals surface area contributed by atoms with Gasteiger partial charge >= 0.3 is 0 Å². The minimum absolute atomic E-state index is 0.413. The van der Waals surface area contributed by atoms with Gasteiger partial charge in [-0.3, -0.25) is 0 Å². The van der Waals surface area contributed by atoms with E-state index in [2.05, 4.69) is 38.3 Å². The molecule has 8 bridgehead atoms. The molecular weight excluding hydrogens is 489 g/mol. The minimum atomic E-state index is -1.75. The molecule has 0 amide bonds. The van der Waals surface area contributed by atoms with Crippen molar-refractivity contribution < 1.29 is 13.6 Å². The Kier molecular flexibility index (Phi) is 5.04. The highest BCUT2D eigenvalue weighted by atomic mass is 28.4. The van der Waals surface area contributed by atoms with Crippen molar-refractivity contribution in [3.05, 3.63) is 12.2 Å². The van der Waals surface area contributed by atoms with Crippen molar-refractivity contribution >= 4 is 16.6 Å². The van der Waals surface area contributed by atoms with Gasteiger partial charge in [-0.2, -0.15) is 0 Å². The molecule has 204 valence electrons. The summed E-state index contributed by atoms with van der Waals surface area (Å²) in [6.07, 6.45) is 16.3. The van der Waals surface area contributed by atoms with Crippen molar-refractivity contribution in [2.45, 2.75) is 88.3 Å². The van der Waals surface area contributed by atoms with E-state index in [9.17, 15) is 0 Å². The second kappa shape index (κ2) is 7.86. The van der Waals surface area contributed by atoms with E-state index in [1.165, 1.54) is 32.1 Å². The second-order valence-corrected chi connectivity index (χ2v) is 25.4. The lowest BCUT2D eigenvalue weighted by Gasteiger charge is -2.50. The van der Waals surface area contributed by atoms with Crippen molar-refractivity contribution in [3.63, 3.8) is 0 Å². The van der Waals surface area contributed by atoms with Crippen LogP contribution in [0, 0.1) is 76.9 Å². The lowest BCUT2D eigenvalue weighted by Crippen LogP contribution is -2.54. The maximum Gasteiger partial charge on any atom is 0.176 e. The van der Waals surface area contributed by atoms with Crippen LogP contribution >= 0.6 is 0 Å². The van der Waals surface area contributed by atoms with Crippen molar-refractivity contribution in [2.24, 2.45) is 76.9 Å². The topological polar surface area (TPSA) is 31.0 Å². The summed E-state index contributed by atoms with van der Waals surface area (Å²) in [7, 11) is -3.47. The third-order valence-electron chi connectivity index (χ3n) is 14.6. The highest BCUT2D eigenvalue weighted by molar-refractivity contribution is 6.86. The summed E-state index contributed by atoms with van der Waals surface area (Å²) >= 11 is 0. The number of hydrogen-bond acceptors (Lipinski definition) is 3. The Morgan fingerprint density at radius 1 is 0.649 bits per heavy atom. The third kappa shape index (κ3) is 3.33. The Morgan fingerprint density at radius 2 is 1.24 bits per heavy atom. The molecule has 9 rings (SSSR count). The van der Waals surface area contributed by atoms with Crippen LogP contribution in [0.2, 0.25) is 37.3 Å². The highest BCUT2D eigenvalue weighted by Crippen LogP contribution is 2.73. The van der Waals surface area contributed by atoms with Gasteiger partial charge in [0.2, 0.25) is 0 Å². The van der Waals surface area contributed by atoms with Crippen molar-refractivity contribution in [2.75, 3.05) is 19.8 Å². The molecule has 5 heteroatoms. The molecule has 16 unspecified atom stereocenters. The Bertz CT molecular complexity index is 991. The number of rotatable bonds is 8. The fraction of sp³-hybridized carbons (Fsp3) is 0.938. The fourth-order valence-electron chi connectivity index (χ4n) is 13.9. The summed E-state index contributed by atoms with van der Waals surface area (Å²) < 4.78 is 19.3. The first kappa shape index (κ1) is 23.7. The molecule has 9 aliphatic rings. The predicted octanol–water partition coefficient (Wildman–Crippen LogP) is 6.98. The van der Waals surface area contributed by atoms with E-state index in [4.69, 9.17) is 13.6 Å². The van der Waals surface area contributed by atoms with Crippen molar-refractivity contribution in [1.82, 2.24) is 0 Å². The van der Waals surface area contributed by atoms with E-state index in [0.29, 0.717) is 6.10 Å². The number of allylic oxidation sites excluding steroid dienone is 2. The van der Waals surface area contributed by atoms with E-state index in [0.717, 1.165) is 108 Å². The van der Waals surface area contributed by atoms with Gasteiger partial charge in [-0.05, 0) is 159 Å². The van der Waals surface area contributed by atoms with Gasteiger partial charge in [-0.15, -0.1) is 0 Å². The predicted molar refractivity (Wildman–Crippen MR) is 151 cm³/mol. The van der Waals surface area contributed by atoms with Gasteiger partial charge in [-0.1, -0.05) is 12.2 Å². The molecule has 1 heterocycles. The fourth-order valence-corrected chi connectivity index (χ4v) is 25.0. The van der Waals surface area contributed by atoms with Crippen LogP contribution in [0.15, 0.2) is 12.2 Å². The average Bonchev–Trinajstić information content (AvgIpc) is 3.58. The summed E-state index contributed by atoms with van der Waals surface area (Å²) in [6.45, 7) is 13.4. The first-order valence-electron chi connectivity index (χ1n) is 16.4. The van der Waals surface area contributed by atoms with Gasteiger partial charge in [0, 0.05) is 6.61 Å². The van der Waals surface area contributed by atoms with Gasteiger partial charge in [0.15, 0.2) is 16.6 Å². The van der Waals surface area contributed by atoms with Crippen molar-refractivity contribution in [1.29, 1.82) is 0 Å². The minimum Gasteiger partial charge on any atom is -0.455 e. The lowest BCUT2D eigenvalue weighted by molar-refractivity contribution is 0.0276. The van der Waals surface area contributed by atoms with E-state index in [-0.39, 0.29) is 0 Å². The molecule has 8 aliphatic carbocycles. The summed E-state index contributed by atoms with van der Waals surface area (Å²) in [6, 6.07) is 0. The normalized spacial score (nSPS) is 57.6. The van der Waals surface area contributed by atoms with Gasteiger partial charge in [0.05, 0.1) is 13.2 Å². The molecule has 1 aliphatic heterocycles. The molecule has 0 radical (unpaired) electrons. The maximum absolute atomic E-state index is 7.70. The smallest absolute Gasteiger partial charge is 0.176 e. The van der Waals surface area contributed by atoms with E-state index in [1.807, 2.05) is 0 Å². The van der Waals surface area contributed by atoms with Gasteiger partial charge in [0.25, 0.3) is 0 Å². The average molecular weight is 539 g/mol. The Hall–Kier alpha value is 0.0538. The molecule has 0 aromatic rings. The molecule has 0 aromatic carbocycles. The molecule has 37 heavy (non-hydrogen) atoms. The molecule has 1 saturated heterocycles. The van der Waals surface area contributed by atoms with Gasteiger partial charge < -0.3 is 13.6 Å². The molecular formula is C32H50O3Si2. The maximum atomic E-state index is 7.70. The molecule has 8 fully saturated rings. The standard InChI is InChI=1S/C32H50O3Si2/c1-36(2,27-12-20-10-25(27)31-18-6-5-17(7-18)29(20)31)35-37(3,4)28-13-21-11-26(28)32-24-9-19(30(21)32)8-22(24)14-33-15-23-16-34-23/h5-6,17-32H,7-16H2,1-4H3. The molecule has 0 spiro atoms. The summed E-state index contributed by atoms with van der Waals surface area (Å²) in [5.41, 5.74) is 1.85. The first-order valence-corrected chi connectivity index (χ1v) is 22.3. The van der Waals surface area contributed by atoms with Gasteiger partial charge in [0.1, 0.15) is 6.10 Å². The molecule has 16 atom stereocenters. The van der Waals surface area contributed by atoms with Crippen LogP contribution in [0.3, 0.4) is 0 Å². The summed E-state index contributed by atoms with van der Waals surface area (Å²) in [5, 5.41) is 0. The molecule has 0 N–H and O–H groups in total. The van der Waals surface area contributed by atoms with Crippen molar-refractivity contribution in [3.8, 4) is 0 Å². The highest BCUT2D eigenvalue weighted by Gasteiger charge is 2.68. The largest absolute Gasteiger partial charge is 0.455 e. The van der Waals surface area contributed by atoms with E-state index in [1.54, 1.807) is 12.8 Å². The van der Waals surface area contributed by atoms with Crippen LogP contribution in [0.4, 0.5) is 0 Å². The van der Waals surface area contributed by atoms with Crippen LogP contribution in [0.5, 0.6) is 0 Å². The van der Waals surface area contributed by atoms with E-state index >= 15 is 0 Å². The van der Waals surface area contributed by atoms with Gasteiger partial charge in [-0.25, -0.2) is 0 Å². The lowest BCUT2D eigenvalue weighted by atomic mass is 9.67. The number of hydrogen-bond donors (Lipinski definition) is 0. The zero-order valence-electron chi connectivity index (χ0n) is 23.7. The summed E-state index contributed by atoms with van der Waals surface area (Å²) in [5.74, 6) is 12.9. The second-order valence-electron chi connectivity index (χ2n) is 16.7. The number of fused-ring (bicyclic) bond motifs is 18. The monoisotopic (exact) mass is 538 g/mol. The first-order chi connectivity index (χ1) is 17.8. The zero-order valence-corrected chi connectivity index (χ0v) is 25.7. The molecule has 0 aromatic heterocycles. The van der Waals surface area contributed by atoms with E-state index < -0.39 is 16.6 Å². The quantitative estimate of drug-likeness (QED) is 0.145. The molecule has 3 nitrogen and oxygen atoms in total. The zero-order chi connectivity index (χ0) is 24.8. The Morgan fingerprint density at radius 3 is 1.95 bits per heavy atom. The third-order valence-corrected chi connectivity index (χ3v) is 23.7. The van der Waals surface area contributed by atoms with Crippen LogP contribution in [-0.2, 0) is 13.6 Å². The van der Waals surface area contributed by atoms with Crippen LogP contribution < -0.4 is 0 Å². The number of epoxide rings is 1. The Labute approximate surface area is 227 Å². The number of ether oxygens (including phenoxy) is 2. The summed E-state index contributed by atoms with van der Waals surface area (Å²) in [4.78, 5) is 0. The van der Waals surface area contributed by atoms with Crippen LogP contribution in [-0.4, -0.2) is 42.6 Å². The van der Waals surface area contributed by atoms with Crippen LogP contribution in [0.25, 0.3) is 0 Å². The SMILES string of the molecule is C[Si](C)(O[Si](C)(C)C1CC2CC1C1C3CC(CC3COCC3CO3)C21)C1CC2CC1C1C3C=CC(C3)C21. The Balaban J connectivity index is 0.899. The van der Waals surface area contributed by atoms with Crippen LogP contribution in [0.1, 0.15) is 44.9 Å². The molecule has 7 saturated carbocycles.